The maximum atomic E-state index is 8.75. The molecule has 1 aromatic rings. The molecule has 0 aliphatic heterocycles. The standard InChI is InChI=1S/C9H9N3/c1-6-8(4-10)9(5-11)7(2)12(6)3/h1-3H3. The average molecular weight is 159 g/mol. The maximum Gasteiger partial charge on any atom is 0.102 e. The number of nitriles is 2. The highest BCUT2D eigenvalue weighted by atomic mass is 15.0. The number of aromatic nitrogens is 1. The SMILES string of the molecule is Cc1c(C#N)c(C#N)c(C)n1C. The summed E-state index contributed by atoms with van der Waals surface area (Å²) in [6, 6.07) is 4.07. The molecular weight excluding hydrogens is 150 g/mol. The zero-order valence-corrected chi connectivity index (χ0v) is 7.34. The Kier molecular flexibility index (Phi) is 1.89. The van der Waals surface area contributed by atoms with Crippen LogP contribution in [0.15, 0.2) is 0 Å². The van der Waals surface area contributed by atoms with Gasteiger partial charge in [0.15, 0.2) is 0 Å². The molecule has 0 radical (unpaired) electrons. The van der Waals surface area contributed by atoms with Gasteiger partial charge in [-0.2, -0.15) is 10.5 Å². The van der Waals surface area contributed by atoms with Gasteiger partial charge in [-0.15, -0.1) is 0 Å². The van der Waals surface area contributed by atoms with E-state index in [-0.39, 0.29) is 0 Å². The number of rotatable bonds is 0. The third kappa shape index (κ3) is 0.879. The van der Waals surface area contributed by atoms with Crippen LogP contribution in [0.4, 0.5) is 0 Å². The molecule has 0 aliphatic rings. The minimum absolute atomic E-state index is 0.498. The Morgan fingerprint density at radius 2 is 1.33 bits per heavy atom. The van der Waals surface area contributed by atoms with E-state index in [1.54, 1.807) is 0 Å². The fourth-order valence-corrected chi connectivity index (χ4v) is 1.22. The molecule has 0 unspecified atom stereocenters. The van der Waals surface area contributed by atoms with Crippen LogP contribution in [0.1, 0.15) is 22.5 Å². The van der Waals surface area contributed by atoms with Crippen LogP contribution < -0.4 is 0 Å². The highest BCUT2D eigenvalue weighted by molar-refractivity contribution is 5.52. The van der Waals surface area contributed by atoms with E-state index < -0.39 is 0 Å². The van der Waals surface area contributed by atoms with E-state index in [0.717, 1.165) is 11.4 Å². The molecule has 0 amide bonds. The van der Waals surface area contributed by atoms with Gasteiger partial charge in [0.05, 0.1) is 11.1 Å². The van der Waals surface area contributed by atoms with Gasteiger partial charge in [0, 0.05) is 18.4 Å². The number of nitrogens with zero attached hydrogens (tertiary/aromatic N) is 3. The van der Waals surface area contributed by atoms with Gasteiger partial charge in [0.25, 0.3) is 0 Å². The lowest BCUT2D eigenvalue weighted by Crippen LogP contribution is -1.93. The van der Waals surface area contributed by atoms with Crippen LogP contribution in [0.25, 0.3) is 0 Å². The minimum Gasteiger partial charge on any atom is -0.350 e. The number of hydrogen-bond acceptors (Lipinski definition) is 2. The Morgan fingerprint density at radius 1 is 1.00 bits per heavy atom. The monoisotopic (exact) mass is 159 g/mol. The van der Waals surface area contributed by atoms with Gasteiger partial charge >= 0.3 is 0 Å². The smallest absolute Gasteiger partial charge is 0.102 e. The van der Waals surface area contributed by atoms with Crippen LogP contribution in [-0.2, 0) is 7.05 Å². The van der Waals surface area contributed by atoms with E-state index in [1.807, 2.05) is 37.6 Å². The summed E-state index contributed by atoms with van der Waals surface area (Å²) in [7, 11) is 1.85. The Hall–Kier alpha value is -1.74. The van der Waals surface area contributed by atoms with Gasteiger partial charge < -0.3 is 4.57 Å². The first-order chi connectivity index (χ1) is 5.63. The fraction of sp³-hybridized carbons (Fsp3) is 0.333. The molecule has 1 rings (SSSR count). The summed E-state index contributed by atoms with van der Waals surface area (Å²) in [5, 5.41) is 17.5. The van der Waals surface area contributed by atoms with Crippen LogP contribution in [0.3, 0.4) is 0 Å². The molecular formula is C9H9N3. The van der Waals surface area contributed by atoms with Crippen molar-refractivity contribution in [1.29, 1.82) is 10.5 Å². The van der Waals surface area contributed by atoms with Crippen molar-refractivity contribution in [2.75, 3.05) is 0 Å². The average Bonchev–Trinajstić information content (AvgIpc) is 2.29. The summed E-state index contributed by atoms with van der Waals surface area (Å²) in [6.45, 7) is 3.68. The molecule has 0 atom stereocenters. The second-order valence-corrected chi connectivity index (χ2v) is 2.70. The molecule has 1 aromatic heterocycles. The van der Waals surface area contributed by atoms with Crippen LogP contribution >= 0.6 is 0 Å². The predicted molar refractivity (Wildman–Crippen MR) is 44.3 cm³/mol. The zero-order chi connectivity index (χ0) is 9.30. The van der Waals surface area contributed by atoms with Gasteiger partial charge in [-0.05, 0) is 13.8 Å². The summed E-state index contributed by atoms with van der Waals surface area (Å²) < 4.78 is 1.86. The minimum atomic E-state index is 0.498. The molecule has 3 nitrogen and oxygen atoms in total. The quantitative estimate of drug-likeness (QED) is 0.574. The summed E-state index contributed by atoms with van der Waals surface area (Å²) >= 11 is 0. The van der Waals surface area contributed by atoms with Crippen LogP contribution in [0, 0.1) is 36.5 Å². The van der Waals surface area contributed by atoms with E-state index in [1.165, 1.54) is 0 Å². The van der Waals surface area contributed by atoms with E-state index in [0.29, 0.717) is 11.1 Å². The highest BCUT2D eigenvalue weighted by Gasteiger charge is 2.13. The summed E-state index contributed by atoms with van der Waals surface area (Å²) in [5.41, 5.74) is 2.70. The predicted octanol–water partition coefficient (Wildman–Crippen LogP) is 1.39. The van der Waals surface area contributed by atoms with E-state index in [9.17, 15) is 0 Å². The van der Waals surface area contributed by atoms with Crippen molar-refractivity contribution in [1.82, 2.24) is 4.57 Å². The van der Waals surface area contributed by atoms with Crippen LogP contribution in [-0.4, -0.2) is 4.57 Å². The third-order valence-electron chi connectivity index (χ3n) is 2.20. The summed E-state index contributed by atoms with van der Waals surface area (Å²) in [4.78, 5) is 0. The topological polar surface area (TPSA) is 52.5 Å². The molecule has 60 valence electrons. The number of hydrogen-bond donors (Lipinski definition) is 0. The molecule has 0 saturated heterocycles. The van der Waals surface area contributed by atoms with Crippen molar-refractivity contribution < 1.29 is 0 Å². The molecule has 0 aliphatic carbocycles. The first-order valence-corrected chi connectivity index (χ1v) is 3.59. The molecule has 12 heavy (non-hydrogen) atoms. The van der Waals surface area contributed by atoms with Gasteiger partial charge in [0.1, 0.15) is 12.1 Å². The van der Waals surface area contributed by atoms with Crippen molar-refractivity contribution >= 4 is 0 Å². The molecule has 0 saturated carbocycles. The zero-order valence-electron chi connectivity index (χ0n) is 7.34. The largest absolute Gasteiger partial charge is 0.350 e. The Balaban J connectivity index is 3.61. The van der Waals surface area contributed by atoms with Crippen molar-refractivity contribution in [3.05, 3.63) is 22.5 Å². The summed E-state index contributed by atoms with van der Waals surface area (Å²) in [6.07, 6.45) is 0. The van der Waals surface area contributed by atoms with Crippen molar-refractivity contribution in [2.24, 2.45) is 7.05 Å². The first kappa shape index (κ1) is 8.36. The Morgan fingerprint density at radius 3 is 1.58 bits per heavy atom. The molecule has 0 aromatic carbocycles. The maximum absolute atomic E-state index is 8.75. The highest BCUT2D eigenvalue weighted by Crippen LogP contribution is 2.18. The van der Waals surface area contributed by atoms with Crippen molar-refractivity contribution in [3.63, 3.8) is 0 Å². The van der Waals surface area contributed by atoms with Crippen molar-refractivity contribution in [3.8, 4) is 12.1 Å². The van der Waals surface area contributed by atoms with E-state index in [2.05, 4.69) is 0 Å². The normalized spacial score (nSPS) is 9.08. The molecule has 0 bridgehead atoms. The second kappa shape index (κ2) is 2.71. The van der Waals surface area contributed by atoms with Gasteiger partial charge in [0.2, 0.25) is 0 Å². The van der Waals surface area contributed by atoms with Gasteiger partial charge in [-0.1, -0.05) is 0 Å². The van der Waals surface area contributed by atoms with Gasteiger partial charge in [-0.3, -0.25) is 0 Å². The van der Waals surface area contributed by atoms with E-state index >= 15 is 0 Å². The van der Waals surface area contributed by atoms with Crippen LogP contribution in [0.2, 0.25) is 0 Å². The Labute approximate surface area is 71.5 Å². The fourth-order valence-electron chi connectivity index (χ4n) is 1.22. The van der Waals surface area contributed by atoms with Crippen molar-refractivity contribution in [2.45, 2.75) is 13.8 Å². The lowest BCUT2D eigenvalue weighted by Gasteiger charge is -1.97. The van der Waals surface area contributed by atoms with E-state index in [4.69, 9.17) is 10.5 Å². The lowest BCUT2D eigenvalue weighted by atomic mass is 10.1. The van der Waals surface area contributed by atoms with Crippen LogP contribution in [0.5, 0.6) is 0 Å². The third-order valence-corrected chi connectivity index (χ3v) is 2.20. The first-order valence-electron chi connectivity index (χ1n) is 3.59. The van der Waals surface area contributed by atoms with Gasteiger partial charge in [-0.25, -0.2) is 0 Å². The molecule has 1 heterocycles. The lowest BCUT2D eigenvalue weighted by molar-refractivity contribution is 0.841. The molecule has 0 spiro atoms. The molecule has 0 N–H and O–H groups in total. The molecule has 3 heteroatoms. The molecule has 0 fully saturated rings. The Bertz CT molecular complexity index is 361. The summed E-state index contributed by atoms with van der Waals surface area (Å²) in [5.74, 6) is 0. The second-order valence-electron chi connectivity index (χ2n) is 2.70.